The fraction of sp³-hybridized carbons (Fsp3) is 0.708. The van der Waals surface area contributed by atoms with Crippen LogP contribution in [0.1, 0.15) is 96.8 Å². The van der Waals surface area contributed by atoms with Crippen molar-refractivity contribution in [1.29, 1.82) is 0 Å². The van der Waals surface area contributed by atoms with Gasteiger partial charge in [0.05, 0.1) is 12.8 Å². The predicted molar refractivity (Wildman–Crippen MR) is 118 cm³/mol. The van der Waals surface area contributed by atoms with Gasteiger partial charge in [-0.05, 0) is 19.3 Å². The van der Waals surface area contributed by atoms with Crippen LogP contribution in [0.15, 0.2) is 23.1 Å². The SMILES string of the molecule is CCCCCCCCCCCCCC1=C(OC)C(=O)C=C(NCCCC(=O)O)C1=O. The molecule has 1 rings (SSSR count). The zero-order chi connectivity index (χ0) is 22.2. The number of aliphatic carboxylic acids is 1. The Morgan fingerprint density at radius 3 is 2.03 bits per heavy atom. The molecule has 0 heterocycles. The van der Waals surface area contributed by atoms with Crippen molar-refractivity contribution in [1.82, 2.24) is 5.32 Å². The van der Waals surface area contributed by atoms with Crippen LogP contribution in [0.3, 0.4) is 0 Å². The second-order valence-corrected chi connectivity index (χ2v) is 7.97. The fourth-order valence-electron chi connectivity index (χ4n) is 3.69. The summed E-state index contributed by atoms with van der Waals surface area (Å²) in [5, 5.41) is 11.6. The van der Waals surface area contributed by atoms with E-state index in [1.165, 1.54) is 64.6 Å². The maximum absolute atomic E-state index is 12.7. The molecule has 2 N–H and O–H groups in total. The molecule has 170 valence electrons. The lowest BCUT2D eigenvalue weighted by Gasteiger charge is -2.19. The Bertz CT molecular complexity index is 621. The van der Waals surface area contributed by atoms with E-state index in [2.05, 4.69) is 12.2 Å². The molecule has 6 heteroatoms. The van der Waals surface area contributed by atoms with Crippen LogP contribution >= 0.6 is 0 Å². The van der Waals surface area contributed by atoms with E-state index in [0.717, 1.165) is 19.3 Å². The number of hydrogen-bond donors (Lipinski definition) is 2. The molecule has 0 saturated heterocycles. The number of carbonyl (C=O) groups excluding carboxylic acids is 2. The van der Waals surface area contributed by atoms with E-state index in [1.54, 1.807) is 0 Å². The molecule has 0 aliphatic heterocycles. The summed E-state index contributed by atoms with van der Waals surface area (Å²) in [4.78, 5) is 35.6. The fourth-order valence-corrected chi connectivity index (χ4v) is 3.69. The van der Waals surface area contributed by atoms with Crippen LogP contribution in [0.25, 0.3) is 0 Å². The average Bonchev–Trinajstić information content (AvgIpc) is 2.72. The molecule has 0 aromatic carbocycles. The first-order valence-corrected chi connectivity index (χ1v) is 11.5. The summed E-state index contributed by atoms with van der Waals surface area (Å²) >= 11 is 0. The monoisotopic (exact) mass is 421 g/mol. The Morgan fingerprint density at radius 1 is 0.933 bits per heavy atom. The van der Waals surface area contributed by atoms with Crippen LogP contribution in [-0.4, -0.2) is 36.3 Å². The smallest absolute Gasteiger partial charge is 0.303 e. The van der Waals surface area contributed by atoms with Gasteiger partial charge < -0.3 is 15.2 Å². The standard InChI is InChI=1S/C24H39NO5/c1-3-4-5-6-7-8-9-10-11-12-13-15-19-23(29)20(18-21(26)24(19)30-2)25-17-14-16-22(27)28/h18,25H,3-17H2,1-2H3,(H,27,28). The number of allylic oxidation sites excluding steroid dienone is 2. The van der Waals surface area contributed by atoms with Gasteiger partial charge in [0, 0.05) is 24.6 Å². The lowest BCUT2D eigenvalue weighted by molar-refractivity contribution is -0.137. The van der Waals surface area contributed by atoms with Crippen LogP contribution in [-0.2, 0) is 19.1 Å². The molecule has 0 fully saturated rings. The van der Waals surface area contributed by atoms with Crippen molar-refractivity contribution in [2.75, 3.05) is 13.7 Å². The molecule has 1 aliphatic rings. The Balaban J connectivity index is 2.33. The molecule has 30 heavy (non-hydrogen) atoms. The number of Topliss-reactive ketones (excluding diaryl/α,β-unsaturated/α-hetero) is 1. The van der Waals surface area contributed by atoms with Gasteiger partial charge in [-0.25, -0.2) is 0 Å². The molecular weight excluding hydrogens is 382 g/mol. The summed E-state index contributed by atoms with van der Waals surface area (Å²) < 4.78 is 5.20. The largest absolute Gasteiger partial charge is 0.492 e. The lowest BCUT2D eigenvalue weighted by Crippen LogP contribution is -2.29. The van der Waals surface area contributed by atoms with E-state index in [1.807, 2.05) is 0 Å². The van der Waals surface area contributed by atoms with Gasteiger partial charge in [-0.1, -0.05) is 71.1 Å². The van der Waals surface area contributed by atoms with E-state index in [4.69, 9.17) is 9.84 Å². The van der Waals surface area contributed by atoms with Gasteiger partial charge in [0.25, 0.3) is 0 Å². The summed E-state index contributed by atoms with van der Waals surface area (Å²) in [6, 6.07) is 0. The third kappa shape index (κ3) is 10.1. The van der Waals surface area contributed by atoms with Crippen LogP contribution in [0.2, 0.25) is 0 Å². The minimum Gasteiger partial charge on any atom is -0.492 e. The van der Waals surface area contributed by atoms with Gasteiger partial charge in [0.15, 0.2) is 5.76 Å². The maximum Gasteiger partial charge on any atom is 0.303 e. The topological polar surface area (TPSA) is 92.7 Å². The molecule has 0 bridgehead atoms. The summed E-state index contributed by atoms with van der Waals surface area (Å²) in [5.74, 6) is -1.26. The van der Waals surface area contributed by atoms with Gasteiger partial charge in [-0.3, -0.25) is 14.4 Å². The van der Waals surface area contributed by atoms with E-state index in [0.29, 0.717) is 25.0 Å². The van der Waals surface area contributed by atoms with Crippen molar-refractivity contribution in [2.45, 2.75) is 96.8 Å². The van der Waals surface area contributed by atoms with Crippen molar-refractivity contribution in [2.24, 2.45) is 0 Å². The number of ketones is 2. The third-order valence-electron chi connectivity index (χ3n) is 5.41. The highest BCUT2D eigenvalue weighted by Crippen LogP contribution is 2.24. The highest BCUT2D eigenvalue weighted by molar-refractivity contribution is 6.21. The molecule has 0 unspecified atom stereocenters. The second-order valence-electron chi connectivity index (χ2n) is 7.97. The van der Waals surface area contributed by atoms with Gasteiger partial charge >= 0.3 is 5.97 Å². The average molecular weight is 422 g/mol. The Kier molecular flexibility index (Phi) is 13.6. The highest BCUT2D eigenvalue weighted by atomic mass is 16.5. The number of carboxylic acid groups (broad SMARTS) is 1. The first kappa shape index (κ1) is 25.9. The van der Waals surface area contributed by atoms with Crippen molar-refractivity contribution < 1.29 is 24.2 Å². The van der Waals surface area contributed by atoms with Crippen molar-refractivity contribution in [3.05, 3.63) is 23.1 Å². The van der Waals surface area contributed by atoms with Crippen LogP contribution in [0.4, 0.5) is 0 Å². The quantitative estimate of drug-likeness (QED) is 0.237. The number of unbranched alkanes of at least 4 members (excludes halogenated alkanes) is 10. The molecule has 0 amide bonds. The van der Waals surface area contributed by atoms with Crippen LogP contribution in [0.5, 0.6) is 0 Å². The van der Waals surface area contributed by atoms with E-state index < -0.39 is 5.97 Å². The Hall–Kier alpha value is -2.11. The van der Waals surface area contributed by atoms with Crippen molar-refractivity contribution in [3.8, 4) is 0 Å². The lowest BCUT2D eigenvalue weighted by atomic mass is 9.93. The number of carbonyl (C=O) groups is 3. The minimum absolute atomic E-state index is 0.0210. The summed E-state index contributed by atoms with van der Waals surface area (Å²) in [7, 11) is 1.42. The molecule has 0 aromatic heterocycles. The van der Waals surface area contributed by atoms with E-state index in [9.17, 15) is 14.4 Å². The summed E-state index contributed by atoms with van der Waals surface area (Å²) in [6.07, 6.45) is 15.7. The van der Waals surface area contributed by atoms with E-state index in [-0.39, 0.29) is 29.4 Å². The molecular formula is C24H39NO5. The predicted octanol–water partition coefficient (Wildman–Crippen LogP) is 5.08. The highest BCUT2D eigenvalue weighted by Gasteiger charge is 2.28. The summed E-state index contributed by atoms with van der Waals surface area (Å²) in [6.45, 7) is 2.57. The zero-order valence-electron chi connectivity index (χ0n) is 18.8. The van der Waals surface area contributed by atoms with Crippen LogP contribution < -0.4 is 5.32 Å². The molecule has 1 aliphatic carbocycles. The molecule has 0 atom stereocenters. The number of methoxy groups -OCH3 is 1. The first-order valence-electron chi connectivity index (χ1n) is 11.5. The minimum atomic E-state index is -0.879. The maximum atomic E-state index is 12.7. The van der Waals surface area contributed by atoms with Gasteiger partial charge in [0.2, 0.25) is 11.6 Å². The number of nitrogens with one attached hydrogen (secondary N) is 1. The first-order chi connectivity index (χ1) is 14.5. The second kappa shape index (κ2) is 15.7. The van der Waals surface area contributed by atoms with Crippen molar-refractivity contribution in [3.63, 3.8) is 0 Å². The normalized spacial score (nSPS) is 14.1. The van der Waals surface area contributed by atoms with Gasteiger partial charge in [-0.15, -0.1) is 0 Å². The molecule has 6 nitrogen and oxygen atoms in total. The Morgan fingerprint density at radius 2 is 1.50 bits per heavy atom. The Labute approximate surface area is 181 Å². The number of ether oxygens (including phenoxy) is 1. The van der Waals surface area contributed by atoms with Crippen molar-refractivity contribution >= 4 is 17.5 Å². The zero-order valence-corrected chi connectivity index (χ0v) is 18.8. The third-order valence-corrected chi connectivity index (χ3v) is 5.41. The van der Waals surface area contributed by atoms with Gasteiger partial charge in [0.1, 0.15) is 0 Å². The molecule has 0 spiro atoms. The number of rotatable bonds is 18. The molecule has 0 radical (unpaired) electrons. The van der Waals surface area contributed by atoms with Crippen LogP contribution in [0, 0.1) is 0 Å². The number of carboxylic acids is 1. The van der Waals surface area contributed by atoms with Gasteiger partial charge in [-0.2, -0.15) is 0 Å². The molecule has 0 aromatic rings. The molecule has 0 saturated carbocycles. The van der Waals surface area contributed by atoms with E-state index >= 15 is 0 Å². The number of hydrogen-bond acceptors (Lipinski definition) is 5. The summed E-state index contributed by atoms with van der Waals surface area (Å²) in [5.41, 5.74) is 0.672.